The first kappa shape index (κ1) is 20.6. The Kier molecular flexibility index (Phi) is 7.08. The minimum Gasteiger partial charge on any atom is -0.496 e. The molecular formula is C17H25N5O5. The van der Waals surface area contributed by atoms with Crippen molar-refractivity contribution in [1.29, 1.82) is 0 Å². The molecule has 148 valence electrons. The highest BCUT2D eigenvalue weighted by atomic mass is 16.6. The molecule has 1 aliphatic rings. The molecule has 1 heterocycles. The van der Waals surface area contributed by atoms with Crippen molar-refractivity contribution in [2.75, 3.05) is 47.4 Å². The number of rotatable bonds is 2. The summed E-state index contributed by atoms with van der Waals surface area (Å²) in [4.78, 5) is 38.8. The van der Waals surface area contributed by atoms with Crippen LogP contribution in [0.3, 0.4) is 0 Å². The molecule has 1 aromatic carbocycles. The van der Waals surface area contributed by atoms with Gasteiger partial charge in [0.2, 0.25) is 11.8 Å². The van der Waals surface area contributed by atoms with Gasteiger partial charge in [-0.3, -0.25) is 29.5 Å². The first-order valence-electron chi connectivity index (χ1n) is 8.54. The second-order valence-electron chi connectivity index (χ2n) is 6.58. The number of fused-ring (bicyclic) bond motifs is 2. The fraction of sp³-hybridized carbons (Fsp3) is 0.529. The van der Waals surface area contributed by atoms with Crippen molar-refractivity contribution in [3.8, 4) is 5.75 Å². The van der Waals surface area contributed by atoms with E-state index in [1.165, 1.54) is 19.2 Å². The van der Waals surface area contributed by atoms with Crippen LogP contribution in [0.4, 0.5) is 5.69 Å². The smallest absolute Gasteiger partial charge is 0.270 e. The van der Waals surface area contributed by atoms with Crippen molar-refractivity contribution >= 4 is 17.5 Å². The number of amides is 2. The average Bonchev–Trinajstić information content (AvgIpc) is 2.61. The Labute approximate surface area is 157 Å². The van der Waals surface area contributed by atoms with E-state index in [2.05, 4.69) is 10.6 Å². The Morgan fingerprint density at radius 1 is 1.00 bits per heavy atom. The first-order valence-corrected chi connectivity index (χ1v) is 8.54. The lowest BCUT2D eigenvalue weighted by Gasteiger charge is -2.21. The third-order valence-electron chi connectivity index (χ3n) is 4.28. The van der Waals surface area contributed by atoms with Gasteiger partial charge in [-0.15, -0.1) is 0 Å². The fourth-order valence-corrected chi connectivity index (χ4v) is 2.86. The summed E-state index contributed by atoms with van der Waals surface area (Å²) >= 11 is 0. The van der Waals surface area contributed by atoms with E-state index < -0.39 is 4.92 Å². The molecule has 0 unspecified atom stereocenters. The lowest BCUT2D eigenvalue weighted by atomic mass is 10.1. The van der Waals surface area contributed by atoms with Gasteiger partial charge in [-0.05, 0) is 14.1 Å². The summed E-state index contributed by atoms with van der Waals surface area (Å²) in [5.74, 6) is 0.0245. The molecule has 0 spiro atoms. The van der Waals surface area contributed by atoms with Gasteiger partial charge in [0.25, 0.3) is 5.69 Å². The average molecular weight is 379 g/mol. The van der Waals surface area contributed by atoms with Gasteiger partial charge in [0.05, 0.1) is 25.1 Å². The molecule has 2 N–H and O–H groups in total. The molecule has 10 nitrogen and oxygen atoms in total. The van der Waals surface area contributed by atoms with Gasteiger partial charge in [-0.2, -0.15) is 0 Å². The summed E-state index contributed by atoms with van der Waals surface area (Å²) in [6, 6.07) is 2.75. The van der Waals surface area contributed by atoms with E-state index in [-0.39, 0.29) is 43.7 Å². The molecule has 0 aromatic heterocycles. The van der Waals surface area contributed by atoms with E-state index in [1.54, 1.807) is 0 Å². The number of carbonyl (C=O) groups is 2. The van der Waals surface area contributed by atoms with Gasteiger partial charge in [-0.1, -0.05) is 0 Å². The first-order chi connectivity index (χ1) is 12.8. The second-order valence-corrected chi connectivity index (χ2v) is 6.58. The molecule has 10 heteroatoms. The molecular weight excluding hydrogens is 354 g/mol. The Bertz CT molecular complexity index is 675. The number of nitro groups is 1. The second kappa shape index (κ2) is 9.28. The topological polar surface area (TPSA) is 117 Å². The van der Waals surface area contributed by atoms with E-state index in [9.17, 15) is 19.7 Å². The number of ether oxygens (including phenoxy) is 1. The number of hydrogen-bond donors (Lipinski definition) is 2. The molecule has 0 radical (unpaired) electrons. The van der Waals surface area contributed by atoms with Gasteiger partial charge in [-0.25, -0.2) is 0 Å². The van der Waals surface area contributed by atoms with E-state index in [0.29, 0.717) is 30.0 Å². The minimum atomic E-state index is -0.508. The normalized spacial score (nSPS) is 18.0. The maximum Gasteiger partial charge on any atom is 0.270 e. The number of nitrogens with zero attached hydrogens (tertiary/aromatic N) is 3. The van der Waals surface area contributed by atoms with Crippen molar-refractivity contribution in [3.05, 3.63) is 33.4 Å². The van der Waals surface area contributed by atoms with E-state index in [1.807, 2.05) is 23.9 Å². The van der Waals surface area contributed by atoms with Crippen LogP contribution in [0, 0.1) is 10.1 Å². The van der Waals surface area contributed by atoms with Crippen LogP contribution in [0.5, 0.6) is 5.75 Å². The Balaban J connectivity index is 2.36. The van der Waals surface area contributed by atoms with Crippen LogP contribution in [0.2, 0.25) is 0 Å². The van der Waals surface area contributed by atoms with E-state index >= 15 is 0 Å². The molecule has 0 saturated carbocycles. The standard InChI is InChI=1S/C17H25N5O5/c1-20-4-5-21(2)11-16(24)19-9-13-7-14(22(25)26)6-12(17(13)27-3)8-18-15(23)10-20/h6-7H,4-5,8-11H2,1-3H3,(H,18,23)(H,19,24). The maximum atomic E-state index is 12.2. The third-order valence-corrected chi connectivity index (χ3v) is 4.28. The summed E-state index contributed by atoms with van der Waals surface area (Å²) in [5, 5.41) is 16.8. The Morgan fingerprint density at radius 3 is 1.81 bits per heavy atom. The van der Waals surface area contributed by atoms with Crippen LogP contribution < -0.4 is 15.4 Å². The molecule has 2 rings (SSSR count). The van der Waals surface area contributed by atoms with E-state index in [0.717, 1.165) is 0 Å². The summed E-state index contributed by atoms with van der Waals surface area (Å²) < 4.78 is 5.40. The van der Waals surface area contributed by atoms with Gasteiger partial charge in [0.1, 0.15) is 5.75 Å². The highest BCUT2D eigenvalue weighted by molar-refractivity contribution is 5.79. The molecule has 0 fully saturated rings. The number of likely N-dealkylation sites (N-methyl/N-ethyl adjacent to an activating group) is 2. The van der Waals surface area contributed by atoms with Crippen LogP contribution in [0.15, 0.2) is 12.1 Å². The molecule has 1 aromatic rings. The molecule has 1 aliphatic heterocycles. The summed E-state index contributed by atoms with van der Waals surface area (Å²) in [6.45, 7) is 1.81. The number of benzene rings is 1. The van der Waals surface area contributed by atoms with Crippen LogP contribution in [-0.2, 0) is 22.7 Å². The molecule has 0 atom stereocenters. The molecule has 2 bridgehead atoms. The summed E-state index contributed by atoms with van der Waals surface area (Å²) in [6.07, 6.45) is 0. The zero-order chi connectivity index (χ0) is 20.0. The van der Waals surface area contributed by atoms with Crippen molar-refractivity contribution in [3.63, 3.8) is 0 Å². The van der Waals surface area contributed by atoms with Gasteiger partial charge >= 0.3 is 0 Å². The number of non-ortho nitro benzene ring substituents is 1. The number of nitrogens with one attached hydrogen (secondary N) is 2. The molecule has 27 heavy (non-hydrogen) atoms. The van der Waals surface area contributed by atoms with Crippen LogP contribution >= 0.6 is 0 Å². The number of nitro benzene ring substituents is 1. The highest BCUT2D eigenvalue weighted by Gasteiger charge is 2.19. The minimum absolute atomic E-state index is 0.0956. The molecule has 0 saturated heterocycles. The summed E-state index contributed by atoms with van der Waals surface area (Å²) in [5.41, 5.74) is 0.848. The largest absolute Gasteiger partial charge is 0.496 e. The monoisotopic (exact) mass is 379 g/mol. The number of methoxy groups -OCH3 is 1. The zero-order valence-electron chi connectivity index (χ0n) is 15.8. The van der Waals surface area contributed by atoms with Crippen molar-refractivity contribution in [2.45, 2.75) is 13.1 Å². The van der Waals surface area contributed by atoms with Crippen molar-refractivity contribution < 1.29 is 19.2 Å². The van der Waals surface area contributed by atoms with E-state index in [4.69, 9.17) is 4.74 Å². The molecule has 0 aliphatic carbocycles. The lowest BCUT2D eigenvalue weighted by molar-refractivity contribution is -0.385. The molecule has 2 amide bonds. The summed E-state index contributed by atoms with van der Waals surface area (Å²) in [7, 11) is 5.09. The van der Waals surface area contributed by atoms with Crippen LogP contribution in [-0.4, -0.2) is 73.9 Å². The maximum absolute atomic E-state index is 12.2. The third kappa shape index (κ3) is 5.90. The Morgan fingerprint density at radius 2 is 1.44 bits per heavy atom. The zero-order valence-corrected chi connectivity index (χ0v) is 15.8. The van der Waals surface area contributed by atoms with Crippen LogP contribution in [0.1, 0.15) is 11.1 Å². The predicted octanol–water partition coefficient (Wildman–Crippen LogP) is -0.287. The number of carbonyl (C=O) groups excluding carboxylic acids is 2. The van der Waals surface area contributed by atoms with Crippen molar-refractivity contribution in [1.82, 2.24) is 20.4 Å². The highest BCUT2D eigenvalue weighted by Crippen LogP contribution is 2.29. The Hall–Kier alpha value is -2.72. The van der Waals surface area contributed by atoms with Crippen molar-refractivity contribution in [2.24, 2.45) is 0 Å². The fourth-order valence-electron chi connectivity index (χ4n) is 2.86. The lowest BCUT2D eigenvalue weighted by Crippen LogP contribution is -2.40. The number of hydrogen-bond acceptors (Lipinski definition) is 7. The van der Waals surface area contributed by atoms with Gasteiger partial charge < -0.3 is 15.4 Å². The SMILES string of the molecule is COc1c2cc([N+](=O)[O-])cc1CNC(=O)CN(C)CCN(C)CC(=O)NC2. The quantitative estimate of drug-likeness (QED) is 0.536. The van der Waals surface area contributed by atoms with Crippen LogP contribution in [0.25, 0.3) is 0 Å². The van der Waals surface area contributed by atoms with Gasteiger partial charge in [0.15, 0.2) is 0 Å². The predicted molar refractivity (Wildman–Crippen MR) is 98.3 cm³/mol. The van der Waals surface area contributed by atoms with Gasteiger partial charge in [0, 0.05) is 49.4 Å².